The molecule has 0 spiro atoms. The molecule has 2 aromatic rings. The third kappa shape index (κ3) is 5.52. The van der Waals surface area contributed by atoms with Crippen LogP contribution in [0.15, 0.2) is 24.4 Å². The number of alkyl carbamates (subject to hydrolysis) is 1. The first-order chi connectivity index (χ1) is 14.0. The summed E-state index contributed by atoms with van der Waals surface area (Å²) >= 11 is 0. The van der Waals surface area contributed by atoms with Crippen molar-refractivity contribution in [3.05, 3.63) is 35.8 Å². The Kier molecular flexibility index (Phi) is 6.04. The summed E-state index contributed by atoms with van der Waals surface area (Å²) in [6.07, 6.45) is 1.87. The van der Waals surface area contributed by atoms with Gasteiger partial charge in [0.1, 0.15) is 5.60 Å². The molecule has 1 fully saturated rings. The summed E-state index contributed by atoms with van der Waals surface area (Å²) in [4.78, 5) is 28.2. The molecule has 1 saturated carbocycles. The Labute approximate surface area is 170 Å². The minimum Gasteiger partial charge on any atom is -0.444 e. The molecule has 0 unspecified atom stereocenters. The van der Waals surface area contributed by atoms with E-state index in [9.17, 15) is 22.8 Å². The first-order valence-electron chi connectivity index (χ1n) is 9.34. The largest absolute Gasteiger partial charge is 0.444 e. The van der Waals surface area contributed by atoms with Gasteiger partial charge in [0.2, 0.25) is 0 Å². The zero-order valence-electron chi connectivity index (χ0n) is 16.7. The van der Waals surface area contributed by atoms with Crippen molar-refractivity contribution in [1.29, 1.82) is 0 Å². The Morgan fingerprint density at radius 3 is 2.43 bits per heavy atom. The molecule has 0 aliphatic heterocycles. The average Bonchev–Trinajstić information content (AvgIpc) is 2.58. The molecule has 30 heavy (non-hydrogen) atoms. The van der Waals surface area contributed by atoms with Gasteiger partial charge < -0.3 is 20.1 Å². The number of benzene rings is 1. The van der Waals surface area contributed by atoms with Crippen molar-refractivity contribution in [1.82, 2.24) is 15.6 Å². The number of aromatic nitrogens is 1. The standard InChI is InChI=1S/C20H22F3N3O4/c1-20(2,3)30-19(28)26-13-6-12(7-13)25-17(27)11-4-10-5-14(21)16(29-18(22)23)8-15(10)24-9-11/h4-5,8-9,12-13,18H,6-7H2,1-3H3,(H,25,27)(H,26,28)/t12-,13-. The number of carbonyl (C=O) groups is 2. The molecule has 7 nitrogen and oxygen atoms in total. The number of hydrogen-bond donors (Lipinski definition) is 2. The summed E-state index contributed by atoms with van der Waals surface area (Å²) in [6, 6.07) is 3.23. The second-order valence-electron chi connectivity index (χ2n) is 8.06. The van der Waals surface area contributed by atoms with Gasteiger partial charge in [0, 0.05) is 29.7 Å². The number of fused-ring (bicyclic) bond motifs is 1. The maximum atomic E-state index is 13.9. The quantitative estimate of drug-likeness (QED) is 0.762. The van der Waals surface area contributed by atoms with Gasteiger partial charge in [-0.2, -0.15) is 8.78 Å². The third-order valence-electron chi connectivity index (χ3n) is 4.41. The molecule has 0 bridgehead atoms. The number of pyridine rings is 1. The highest BCUT2D eigenvalue weighted by Gasteiger charge is 2.32. The molecule has 0 saturated heterocycles. The van der Waals surface area contributed by atoms with Crippen LogP contribution in [0.25, 0.3) is 10.9 Å². The zero-order chi connectivity index (χ0) is 22.1. The SMILES string of the molecule is CC(C)(C)OC(=O)N[C@H]1C[C@H](NC(=O)c2cnc3cc(OC(F)F)c(F)cc3c2)C1. The van der Waals surface area contributed by atoms with Crippen molar-refractivity contribution < 1.29 is 32.2 Å². The molecule has 2 N–H and O–H groups in total. The highest BCUT2D eigenvalue weighted by Crippen LogP contribution is 2.26. The van der Waals surface area contributed by atoms with E-state index in [1.807, 2.05) is 0 Å². The van der Waals surface area contributed by atoms with Gasteiger partial charge >= 0.3 is 12.7 Å². The first kappa shape index (κ1) is 21.7. The van der Waals surface area contributed by atoms with Crippen molar-refractivity contribution >= 4 is 22.9 Å². The number of halogens is 3. The van der Waals surface area contributed by atoms with E-state index < -0.39 is 35.8 Å². The molecule has 0 radical (unpaired) electrons. The second-order valence-corrected chi connectivity index (χ2v) is 8.06. The number of amides is 2. The Hall–Kier alpha value is -3.04. The Balaban J connectivity index is 1.57. The number of carbonyl (C=O) groups excluding carboxylic acids is 2. The van der Waals surface area contributed by atoms with Gasteiger partial charge in [0.05, 0.1) is 11.1 Å². The van der Waals surface area contributed by atoms with Crippen LogP contribution >= 0.6 is 0 Å². The van der Waals surface area contributed by atoms with Crippen LogP contribution in [0.4, 0.5) is 18.0 Å². The average molecular weight is 425 g/mol. The molecular formula is C20H22F3N3O4. The van der Waals surface area contributed by atoms with Crippen LogP contribution in [0.1, 0.15) is 44.0 Å². The van der Waals surface area contributed by atoms with E-state index in [0.29, 0.717) is 12.8 Å². The van der Waals surface area contributed by atoms with Crippen LogP contribution in [-0.2, 0) is 4.74 Å². The maximum Gasteiger partial charge on any atom is 0.407 e. The normalized spacial score (nSPS) is 18.6. The second kappa shape index (κ2) is 8.37. The monoisotopic (exact) mass is 425 g/mol. The Morgan fingerprint density at radius 2 is 1.80 bits per heavy atom. The predicted molar refractivity (Wildman–Crippen MR) is 102 cm³/mol. The predicted octanol–water partition coefficient (Wildman–Crippen LogP) is 3.76. The lowest BCUT2D eigenvalue weighted by molar-refractivity contribution is -0.0521. The smallest absolute Gasteiger partial charge is 0.407 e. The van der Waals surface area contributed by atoms with Crippen LogP contribution in [0.2, 0.25) is 0 Å². The molecular weight excluding hydrogens is 403 g/mol. The van der Waals surface area contributed by atoms with E-state index in [-0.39, 0.29) is 28.6 Å². The minimum absolute atomic E-state index is 0.0952. The molecule has 10 heteroatoms. The maximum absolute atomic E-state index is 13.9. The number of ether oxygens (including phenoxy) is 2. The molecule has 1 aliphatic carbocycles. The van der Waals surface area contributed by atoms with Crippen LogP contribution in [0.3, 0.4) is 0 Å². The topological polar surface area (TPSA) is 89.6 Å². The van der Waals surface area contributed by atoms with E-state index >= 15 is 0 Å². The van der Waals surface area contributed by atoms with Crippen molar-refractivity contribution in [3.63, 3.8) is 0 Å². The lowest BCUT2D eigenvalue weighted by Gasteiger charge is -2.36. The van der Waals surface area contributed by atoms with E-state index in [1.165, 1.54) is 12.3 Å². The highest BCUT2D eigenvalue weighted by atomic mass is 19.3. The lowest BCUT2D eigenvalue weighted by atomic mass is 9.86. The van der Waals surface area contributed by atoms with Crippen LogP contribution in [-0.4, -0.2) is 41.3 Å². The number of hydrogen-bond acceptors (Lipinski definition) is 5. The van der Waals surface area contributed by atoms with E-state index in [1.54, 1.807) is 20.8 Å². The molecule has 1 aromatic heterocycles. The molecule has 3 rings (SSSR count). The Morgan fingerprint density at radius 1 is 1.13 bits per heavy atom. The van der Waals surface area contributed by atoms with Crippen LogP contribution in [0.5, 0.6) is 5.75 Å². The summed E-state index contributed by atoms with van der Waals surface area (Å²) in [7, 11) is 0. The van der Waals surface area contributed by atoms with Gasteiger partial charge in [-0.3, -0.25) is 9.78 Å². The van der Waals surface area contributed by atoms with Crippen LogP contribution in [0, 0.1) is 5.82 Å². The lowest BCUT2D eigenvalue weighted by Crippen LogP contribution is -2.54. The van der Waals surface area contributed by atoms with Gasteiger partial charge in [0.25, 0.3) is 5.91 Å². The Bertz CT molecular complexity index is 956. The molecule has 2 amide bonds. The third-order valence-corrected chi connectivity index (χ3v) is 4.41. The summed E-state index contributed by atoms with van der Waals surface area (Å²) in [5, 5.41) is 5.82. The van der Waals surface area contributed by atoms with Crippen molar-refractivity contribution in [2.24, 2.45) is 0 Å². The van der Waals surface area contributed by atoms with Gasteiger partial charge in [-0.05, 0) is 45.7 Å². The molecule has 1 heterocycles. The zero-order valence-corrected chi connectivity index (χ0v) is 16.7. The number of nitrogens with zero attached hydrogens (tertiary/aromatic N) is 1. The van der Waals surface area contributed by atoms with Crippen molar-refractivity contribution in [3.8, 4) is 5.75 Å². The van der Waals surface area contributed by atoms with Crippen molar-refractivity contribution in [2.75, 3.05) is 0 Å². The van der Waals surface area contributed by atoms with Gasteiger partial charge in [-0.15, -0.1) is 0 Å². The number of rotatable bonds is 5. The van der Waals surface area contributed by atoms with Crippen molar-refractivity contribution in [2.45, 2.75) is 57.9 Å². The fraction of sp³-hybridized carbons (Fsp3) is 0.450. The molecule has 1 aromatic carbocycles. The minimum atomic E-state index is -3.15. The van der Waals surface area contributed by atoms with Gasteiger partial charge in [-0.1, -0.05) is 0 Å². The van der Waals surface area contributed by atoms with E-state index in [2.05, 4.69) is 20.4 Å². The van der Waals surface area contributed by atoms with E-state index in [0.717, 1.165) is 12.1 Å². The van der Waals surface area contributed by atoms with Gasteiger partial charge in [0.15, 0.2) is 11.6 Å². The highest BCUT2D eigenvalue weighted by molar-refractivity contribution is 5.97. The number of alkyl halides is 2. The molecule has 0 atom stereocenters. The molecule has 1 aliphatic rings. The summed E-state index contributed by atoms with van der Waals surface area (Å²) in [6.45, 7) is 2.16. The van der Waals surface area contributed by atoms with Crippen LogP contribution < -0.4 is 15.4 Å². The van der Waals surface area contributed by atoms with E-state index in [4.69, 9.17) is 4.74 Å². The van der Waals surface area contributed by atoms with Gasteiger partial charge in [-0.25, -0.2) is 9.18 Å². The fourth-order valence-corrected chi connectivity index (χ4v) is 3.04. The number of nitrogens with one attached hydrogen (secondary N) is 2. The first-order valence-corrected chi connectivity index (χ1v) is 9.34. The summed E-state index contributed by atoms with van der Waals surface area (Å²) in [5.74, 6) is -1.99. The molecule has 162 valence electrons. The summed E-state index contributed by atoms with van der Waals surface area (Å²) in [5.41, 5.74) is -0.169. The summed E-state index contributed by atoms with van der Waals surface area (Å²) < 4.78 is 47.8. The fourth-order valence-electron chi connectivity index (χ4n) is 3.04.